The molecular formula is C19H20N4O2. The molecule has 2 amide bonds. The summed E-state index contributed by atoms with van der Waals surface area (Å²) in [5.74, 6) is 0.423. The Balaban J connectivity index is 1.33. The van der Waals surface area contributed by atoms with Crippen LogP contribution in [0.2, 0.25) is 0 Å². The van der Waals surface area contributed by atoms with E-state index in [1.54, 1.807) is 23.2 Å². The Morgan fingerprint density at radius 2 is 2.12 bits per heavy atom. The summed E-state index contributed by atoms with van der Waals surface area (Å²) in [4.78, 5) is 17.8. The average molecular weight is 336 g/mol. The molecule has 0 atom stereocenters. The number of nitrogens with zero attached hydrogens (tertiary/aromatic N) is 3. The minimum atomic E-state index is -0.0727. The number of nitriles is 1. The van der Waals surface area contributed by atoms with Gasteiger partial charge in [-0.15, -0.1) is 0 Å². The molecule has 1 saturated heterocycles. The van der Waals surface area contributed by atoms with Crippen LogP contribution in [-0.4, -0.2) is 41.7 Å². The Labute approximate surface area is 147 Å². The Kier molecular flexibility index (Phi) is 5.47. The van der Waals surface area contributed by atoms with Crippen LogP contribution in [0.4, 0.5) is 4.79 Å². The molecule has 0 radical (unpaired) electrons. The van der Waals surface area contributed by atoms with Gasteiger partial charge in [-0.1, -0.05) is 30.3 Å². The SMILES string of the molecule is N#Cc1ccnc(OC2CN(C(=O)NCCCc3ccccc3)C2)c1. The van der Waals surface area contributed by atoms with Gasteiger partial charge in [-0.3, -0.25) is 0 Å². The standard InChI is InChI=1S/C19H20N4O2/c20-12-16-8-10-21-18(11-16)25-17-13-23(14-17)19(24)22-9-4-7-15-5-2-1-3-6-15/h1-3,5-6,8,10-11,17H,4,7,9,13-14H2,(H,22,24). The van der Waals surface area contributed by atoms with E-state index in [2.05, 4.69) is 22.4 Å². The van der Waals surface area contributed by atoms with Crippen LogP contribution in [0, 0.1) is 11.3 Å². The lowest BCUT2D eigenvalue weighted by Crippen LogP contribution is -2.59. The van der Waals surface area contributed by atoms with E-state index in [4.69, 9.17) is 10.00 Å². The van der Waals surface area contributed by atoms with Crippen LogP contribution in [0.3, 0.4) is 0 Å². The van der Waals surface area contributed by atoms with Crippen molar-refractivity contribution in [3.8, 4) is 11.9 Å². The second-order valence-corrected chi connectivity index (χ2v) is 5.96. The second kappa shape index (κ2) is 8.15. The predicted octanol–water partition coefficient (Wildman–Crippen LogP) is 2.36. The number of carbonyl (C=O) groups is 1. The topological polar surface area (TPSA) is 78.2 Å². The van der Waals surface area contributed by atoms with Crippen molar-refractivity contribution in [2.75, 3.05) is 19.6 Å². The van der Waals surface area contributed by atoms with E-state index < -0.39 is 0 Å². The molecule has 0 spiro atoms. The number of nitrogens with one attached hydrogen (secondary N) is 1. The van der Waals surface area contributed by atoms with Gasteiger partial charge in [-0.2, -0.15) is 5.26 Å². The first-order chi connectivity index (χ1) is 12.2. The van der Waals surface area contributed by atoms with Gasteiger partial charge in [-0.25, -0.2) is 9.78 Å². The fourth-order valence-corrected chi connectivity index (χ4v) is 2.64. The average Bonchev–Trinajstić information content (AvgIpc) is 2.62. The van der Waals surface area contributed by atoms with Gasteiger partial charge < -0.3 is 15.0 Å². The van der Waals surface area contributed by atoms with Crippen LogP contribution in [-0.2, 0) is 6.42 Å². The summed E-state index contributed by atoms with van der Waals surface area (Å²) in [7, 11) is 0. The molecule has 1 aliphatic rings. The molecule has 25 heavy (non-hydrogen) atoms. The van der Waals surface area contributed by atoms with Crippen LogP contribution < -0.4 is 10.1 Å². The highest BCUT2D eigenvalue weighted by Crippen LogP contribution is 2.16. The number of hydrogen-bond acceptors (Lipinski definition) is 4. The van der Waals surface area contributed by atoms with Crippen molar-refractivity contribution in [3.05, 3.63) is 59.8 Å². The molecule has 0 bridgehead atoms. The molecule has 1 aliphatic heterocycles. The van der Waals surface area contributed by atoms with Crippen molar-refractivity contribution in [1.82, 2.24) is 15.2 Å². The lowest BCUT2D eigenvalue weighted by molar-refractivity contribution is 0.0414. The van der Waals surface area contributed by atoms with E-state index >= 15 is 0 Å². The number of aromatic nitrogens is 1. The maximum absolute atomic E-state index is 12.0. The van der Waals surface area contributed by atoms with Crippen LogP contribution in [0.25, 0.3) is 0 Å². The van der Waals surface area contributed by atoms with E-state index in [-0.39, 0.29) is 12.1 Å². The fraction of sp³-hybridized carbons (Fsp3) is 0.316. The monoisotopic (exact) mass is 336 g/mol. The number of hydrogen-bond donors (Lipinski definition) is 1. The maximum atomic E-state index is 12.0. The van der Waals surface area contributed by atoms with Gasteiger partial charge in [-0.05, 0) is 24.5 Å². The Hall–Kier alpha value is -3.07. The zero-order valence-electron chi connectivity index (χ0n) is 13.9. The van der Waals surface area contributed by atoms with Crippen molar-refractivity contribution in [3.63, 3.8) is 0 Å². The molecule has 1 N–H and O–H groups in total. The number of ether oxygens (including phenoxy) is 1. The van der Waals surface area contributed by atoms with Gasteiger partial charge in [0, 0.05) is 18.8 Å². The molecule has 0 unspecified atom stereocenters. The van der Waals surface area contributed by atoms with Gasteiger partial charge in [0.2, 0.25) is 5.88 Å². The van der Waals surface area contributed by atoms with Crippen molar-refractivity contribution in [1.29, 1.82) is 5.26 Å². The van der Waals surface area contributed by atoms with Gasteiger partial charge in [0.1, 0.15) is 6.10 Å². The Morgan fingerprint density at radius 3 is 2.88 bits per heavy atom. The van der Waals surface area contributed by atoms with E-state index in [1.165, 1.54) is 5.56 Å². The molecule has 128 valence electrons. The molecule has 0 aliphatic carbocycles. The molecule has 2 aromatic rings. The zero-order valence-corrected chi connectivity index (χ0v) is 13.9. The van der Waals surface area contributed by atoms with E-state index in [1.807, 2.05) is 24.3 Å². The highest BCUT2D eigenvalue weighted by molar-refractivity contribution is 5.75. The maximum Gasteiger partial charge on any atom is 0.317 e. The molecule has 6 nitrogen and oxygen atoms in total. The van der Waals surface area contributed by atoms with Crippen LogP contribution in [0.15, 0.2) is 48.7 Å². The van der Waals surface area contributed by atoms with Gasteiger partial charge in [0.25, 0.3) is 0 Å². The third-order valence-corrected chi connectivity index (χ3v) is 4.05. The lowest BCUT2D eigenvalue weighted by Gasteiger charge is -2.38. The minimum absolute atomic E-state index is 0.0633. The summed E-state index contributed by atoms with van der Waals surface area (Å²) < 4.78 is 5.67. The molecule has 2 heterocycles. The molecular weight excluding hydrogens is 316 g/mol. The molecule has 3 rings (SSSR count). The van der Waals surface area contributed by atoms with Crippen molar-refractivity contribution >= 4 is 6.03 Å². The molecule has 1 aromatic heterocycles. The van der Waals surface area contributed by atoms with Crippen molar-refractivity contribution in [2.45, 2.75) is 18.9 Å². The number of carbonyl (C=O) groups excluding carboxylic acids is 1. The summed E-state index contributed by atoms with van der Waals surface area (Å²) in [6, 6.07) is 15.4. The summed E-state index contributed by atoms with van der Waals surface area (Å²) in [6.07, 6.45) is 3.34. The molecule has 1 fully saturated rings. The van der Waals surface area contributed by atoms with Crippen molar-refractivity contribution < 1.29 is 9.53 Å². The van der Waals surface area contributed by atoms with E-state index in [0.29, 0.717) is 31.1 Å². The van der Waals surface area contributed by atoms with Crippen LogP contribution in [0.1, 0.15) is 17.5 Å². The summed E-state index contributed by atoms with van der Waals surface area (Å²) in [5, 5.41) is 11.8. The summed E-state index contributed by atoms with van der Waals surface area (Å²) in [5.41, 5.74) is 1.79. The third-order valence-electron chi connectivity index (χ3n) is 4.05. The molecule has 0 saturated carbocycles. The van der Waals surface area contributed by atoms with Gasteiger partial charge in [0.05, 0.1) is 24.7 Å². The molecule has 1 aromatic carbocycles. The van der Waals surface area contributed by atoms with E-state index in [0.717, 1.165) is 12.8 Å². The predicted molar refractivity (Wildman–Crippen MR) is 93.1 cm³/mol. The number of aryl methyl sites for hydroxylation is 1. The lowest BCUT2D eigenvalue weighted by atomic mass is 10.1. The highest BCUT2D eigenvalue weighted by Gasteiger charge is 2.32. The number of pyridine rings is 1. The molecule has 6 heteroatoms. The van der Waals surface area contributed by atoms with Gasteiger partial charge in [0.15, 0.2) is 0 Å². The summed E-state index contributed by atoms with van der Waals surface area (Å²) >= 11 is 0. The van der Waals surface area contributed by atoms with Crippen molar-refractivity contribution in [2.24, 2.45) is 0 Å². The largest absolute Gasteiger partial charge is 0.471 e. The number of benzene rings is 1. The number of urea groups is 1. The number of likely N-dealkylation sites (tertiary alicyclic amines) is 1. The van der Waals surface area contributed by atoms with E-state index in [9.17, 15) is 4.79 Å². The van der Waals surface area contributed by atoms with Gasteiger partial charge >= 0.3 is 6.03 Å². The summed E-state index contributed by atoms with van der Waals surface area (Å²) in [6.45, 7) is 1.72. The fourth-order valence-electron chi connectivity index (χ4n) is 2.64. The first-order valence-electron chi connectivity index (χ1n) is 8.34. The Bertz CT molecular complexity index is 752. The first kappa shape index (κ1) is 16.8. The normalized spacial score (nSPS) is 13.6. The quantitative estimate of drug-likeness (QED) is 0.822. The smallest absolute Gasteiger partial charge is 0.317 e. The number of rotatable bonds is 6. The first-order valence-corrected chi connectivity index (χ1v) is 8.34. The van der Waals surface area contributed by atoms with Crippen LogP contribution >= 0.6 is 0 Å². The zero-order chi connectivity index (χ0) is 17.5. The number of amides is 2. The Morgan fingerprint density at radius 1 is 1.32 bits per heavy atom. The third kappa shape index (κ3) is 4.70. The highest BCUT2D eigenvalue weighted by atomic mass is 16.5. The minimum Gasteiger partial charge on any atom is -0.471 e. The van der Waals surface area contributed by atoms with Crippen LogP contribution in [0.5, 0.6) is 5.88 Å². The second-order valence-electron chi connectivity index (χ2n) is 5.96.